The summed E-state index contributed by atoms with van der Waals surface area (Å²) in [6.07, 6.45) is 1.14. The number of rotatable bonds is 3. The van der Waals surface area contributed by atoms with E-state index in [0.29, 0.717) is 12.8 Å². The quantitative estimate of drug-likeness (QED) is 0.583. The predicted molar refractivity (Wildman–Crippen MR) is 54.6 cm³/mol. The van der Waals surface area contributed by atoms with Crippen LogP contribution in [0, 0.1) is 15.9 Å². The number of hydrogen-bond acceptors (Lipinski definition) is 3. The van der Waals surface area contributed by atoms with Crippen molar-refractivity contribution in [1.29, 1.82) is 0 Å². The van der Waals surface area contributed by atoms with Gasteiger partial charge in [-0.15, -0.1) is 0 Å². The van der Waals surface area contributed by atoms with E-state index in [2.05, 4.69) is 0 Å². The Balaban J connectivity index is 2.55. The molecule has 16 heavy (non-hydrogen) atoms. The Bertz CT molecular complexity index is 480. The Kier molecular flexibility index (Phi) is 2.26. The maximum Gasteiger partial charge on any atom is 0.305 e. The smallest absolute Gasteiger partial charge is 0.299 e. The van der Waals surface area contributed by atoms with E-state index >= 15 is 0 Å². The van der Waals surface area contributed by atoms with E-state index in [4.69, 9.17) is 0 Å². The van der Waals surface area contributed by atoms with Gasteiger partial charge in [-0.3, -0.25) is 14.9 Å². The molecule has 1 aliphatic rings. The average molecular weight is 223 g/mol. The molecule has 0 saturated heterocycles. The lowest BCUT2D eigenvalue weighted by Gasteiger charge is -2.12. The summed E-state index contributed by atoms with van der Waals surface area (Å²) in [6.45, 7) is 1.39. The summed E-state index contributed by atoms with van der Waals surface area (Å²) >= 11 is 0. The van der Waals surface area contributed by atoms with Crippen molar-refractivity contribution in [1.82, 2.24) is 0 Å². The Hall–Kier alpha value is -1.78. The van der Waals surface area contributed by atoms with Crippen molar-refractivity contribution in [2.45, 2.75) is 25.2 Å². The van der Waals surface area contributed by atoms with Crippen molar-refractivity contribution in [3.63, 3.8) is 0 Å². The van der Waals surface area contributed by atoms with Gasteiger partial charge in [0.1, 0.15) is 5.78 Å². The molecule has 5 heteroatoms. The van der Waals surface area contributed by atoms with Crippen LogP contribution in [0.1, 0.15) is 25.3 Å². The summed E-state index contributed by atoms with van der Waals surface area (Å²) in [5, 5.41) is 10.6. The number of hydrogen-bond donors (Lipinski definition) is 0. The molecule has 1 aromatic rings. The molecule has 1 fully saturated rings. The highest BCUT2D eigenvalue weighted by atomic mass is 19.1. The highest BCUT2D eigenvalue weighted by Gasteiger charge is 2.51. The number of nitrogens with zero attached hydrogens (tertiary/aromatic N) is 1. The van der Waals surface area contributed by atoms with E-state index in [-0.39, 0.29) is 11.3 Å². The first-order valence-corrected chi connectivity index (χ1v) is 4.93. The third-order valence-corrected chi connectivity index (χ3v) is 3.11. The van der Waals surface area contributed by atoms with Crippen molar-refractivity contribution >= 4 is 11.5 Å². The van der Waals surface area contributed by atoms with Crippen LogP contribution in [-0.4, -0.2) is 10.7 Å². The van der Waals surface area contributed by atoms with Crippen LogP contribution >= 0.6 is 0 Å². The first-order valence-electron chi connectivity index (χ1n) is 4.93. The minimum absolute atomic E-state index is 0.133. The van der Waals surface area contributed by atoms with Crippen molar-refractivity contribution in [2.24, 2.45) is 0 Å². The van der Waals surface area contributed by atoms with Crippen molar-refractivity contribution in [3.8, 4) is 0 Å². The standard InChI is InChI=1S/C11H10FNO3/c1-7(14)11(5-6-11)8-3-2-4-9(10(8)12)13(15)16/h2-4H,5-6H2,1H3. The first kappa shape index (κ1) is 10.7. The van der Waals surface area contributed by atoms with Gasteiger partial charge in [-0.05, 0) is 19.8 Å². The van der Waals surface area contributed by atoms with Crippen LogP contribution in [0.2, 0.25) is 0 Å². The zero-order valence-corrected chi connectivity index (χ0v) is 8.70. The van der Waals surface area contributed by atoms with Crippen LogP contribution in [-0.2, 0) is 10.2 Å². The molecule has 0 radical (unpaired) electrons. The molecule has 1 aliphatic carbocycles. The van der Waals surface area contributed by atoms with Gasteiger partial charge in [-0.25, -0.2) is 0 Å². The molecule has 0 spiro atoms. The molecule has 1 aromatic carbocycles. The van der Waals surface area contributed by atoms with E-state index in [0.717, 1.165) is 6.07 Å². The zero-order chi connectivity index (χ0) is 11.9. The van der Waals surface area contributed by atoms with Crippen LogP contribution in [0.25, 0.3) is 0 Å². The van der Waals surface area contributed by atoms with Gasteiger partial charge in [0.2, 0.25) is 5.82 Å². The number of nitro benzene ring substituents is 1. The molecule has 0 heterocycles. The second kappa shape index (κ2) is 3.37. The number of Topliss-reactive ketones (excluding diaryl/α,β-unsaturated/α-hetero) is 1. The lowest BCUT2D eigenvalue weighted by atomic mass is 9.91. The van der Waals surface area contributed by atoms with Gasteiger partial charge in [0, 0.05) is 11.6 Å². The van der Waals surface area contributed by atoms with Crippen molar-refractivity contribution < 1.29 is 14.1 Å². The van der Waals surface area contributed by atoms with Gasteiger partial charge in [0.15, 0.2) is 0 Å². The zero-order valence-electron chi connectivity index (χ0n) is 8.70. The van der Waals surface area contributed by atoms with Crippen LogP contribution in [0.3, 0.4) is 0 Å². The number of halogens is 1. The number of carbonyl (C=O) groups excluding carboxylic acids is 1. The van der Waals surface area contributed by atoms with E-state index in [1.807, 2.05) is 0 Å². The fraction of sp³-hybridized carbons (Fsp3) is 0.364. The third kappa shape index (κ3) is 1.39. The molecule has 0 N–H and O–H groups in total. The topological polar surface area (TPSA) is 60.2 Å². The Morgan fingerprint density at radius 2 is 2.12 bits per heavy atom. The monoisotopic (exact) mass is 223 g/mol. The Labute approximate surface area is 91.2 Å². The first-order chi connectivity index (χ1) is 7.49. The second-order valence-corrected chi connectivity index (χ2v) is 4.03. The predicted octanol–water partition coefficient (Wildman–Crippen LogP) is 2.35. The van der Waals surface area contributed by atoms with Gasteiger partial charge in [-0.2, -0.15) is 4.39 Å². The lowest BCUT2D eigenvalue weighted by Crippen LogP contribution is -2.19. The molecule has 4 nitrogen and oxygen atoms in total. The van der Waals surface area contributed by atoms with Gasteiger partial charge >= 0.3 is 5.69 Å². The summed E-state index contributed by atoms with van der Waals surface area (Å²) in [5.41, 5.74) is -1.21. The third-order valence-electron chi connectivity index (χ3n) is 3.11. The molecule has 0 atom stereocenters. The van der Waals surface area contributed by atoms with Gasteiger partial charge in [0.25, 0.3) is 0 Å². The summed E-state index contributed by atoms with van der Waals surface area (Å²) < 4.78 is 13.8. The Morgan fingerprint density at radius 1 is 1.50 bits per heavy atom. The molecule has 0 unspecified atom stereocenters. The van der Waals surface area contributed by atoms with Crippen LogP contribution in [0.15, 0.2) is 18.2 Å². The number of benzene rings is 1. The largest absolute Gasteiger partial charge is 0.305 e. The number of carbonyl (C=O) groups is 1. The SMILES string of the molecule is CC(=O)C1(c2cccc([N+](=O)[O-])c2F)CC1. The average Bonchev–Trinajstić information content (AvgIpc) is 2.98. The number of nitro groups is 1. The molecule has 0 aliphatic heterocycles. The lowest BCUT2D eigenvalue weighted by molar-refractivity contribution is -0.387. The summed E-state index contributed by atoms with van der Waals surface area (Å²) in [5.74, 6) is -1.01. The van der Waals surface area contributed by atoms with Gasteiger partial charge < -0.3 is 0 Å². The summed E-state index contributed by atoms with van der Waals surface area (Å²) in [4.78, 5) is 21.2. The van der Waals surface area contributed by atoms with E-state index < -0.39 is 21.8 Å². The molecular weight excluding hydrogens is 213 g/mol. The molecule has 84 valence electrons. The highest BCUT2D eigenvalue weighted by molar-refractivity contribution is 5.91. The molecule has 0 aromatic heterocycles. The number of ketones is 1. The molecular formula is C11H10FNO3. The van der Waals surface area contributed by atoms with Crippen molar-refractivity contribution in [2.75, 3.05) is 0 Å². The van der Waals surface area contributed by atoms with E-state index in [1.165, 1.54) is 19.1 Å². The maximum absolute atomic E-state index is 13.8. The summed E-state index contributed by atoms with van der Waals surface area (Å²) in [6, 6.07) is 3.98. The second-order valence-electron chi connectivity index (χ2n) is 4.03. The van der Waals surface area contributed by atoms with Crippen molar-refractivity contribution in [3.05, 3.63) is 39.7 Å². The fourth-order valence-corrected chi connectivity index (χ4v) is 1.97. The fourth-order valence-electron chi connectivity index (χ4n) is 1.97. The molecule has 0 amide bonds. The van der Waals surface area contributed by atoms with E-state index in [9.17, 15) is 19.3 Å². The normalized spacial score (nSPS) is 16.9. The molecule has 0 bridgehead atoms. The maximum atomic E-state index is 13.8. The summed E-state index contributed by atoms with van der Waals surface area (Å²) in [7, 11) is 0. The highest BCUT2D eigenvalue weighted by Crippen LogP contribution is 2.50. The molecule has 1 saturated carbocycles. The Morgan fingerprint density at radius 3 is 2.56 bits per heavy atom. The van der Waals surface area contributed by atoms with Crippen LogP contribution < -0.4 is 0 Å². The molecule has 2 rings (SSSR count). The minimum atomic E-state index is -0.875. The van der Waals surface area contributed by atoms with Gasteiger partial charge in [0.05, 0.1) is 10.3 Å². The van der Waals surface area contributed by atoms with E-state index in [1.54, 1.807) is 0 Å². The van der Waals surface area contributed by atoms with Crippen LogP contribution in [0.4, 0.5) is 10.1 Å². The van der Waals surface area contributed by atoms with Gasteiger partial charge in [-0.1, -0.05) is 12.1 Å². The van der Waals surface area contributed by atoms with Crippen LogP contribution in [0.5, 0.6) is 0 Å². The minimum Gasteiger partial charge on any atom is -0.299 e.